The van der Waals surface area contributed by atoms with E-state index in [4.69, 9.17) is 4.74 Å². The fraction of sp³-hybridized carbons (Fsp3) is 0.385. The predicted molar refractivity (Wildman–Crippen MR) is 67.1 cm³/mol. The number of piperazine rings is 1. The second-order valence-electron chi connectivity index (χ2n) is 4.32. The summed E-state index contributed by atoms with van der Waals surface area (Å²) in [6.07, 6.45) is 0. The van der Waals surface area contributed by atoms with Crippen LogP contribution >= 0.6 is 0 Å². The van der Waals surface area contributed by atoms with Gasteiger partial charge in [0, 0.05) is 12.8 Å². The van der Waals surface area contributed by atoms with Gasteiger partial charge in [-0.2, -0.15) is 0 Å². The molecule has 0 aliphatic carbocycles. The van der Waals surface area contributed by atoms with Crippen molar-refractivity contribution in [3.05, 3.63) is 29.8 Å². The number of hydrogen-bond donors (Lipinski definition) is 1. The Balaban J connectivity index is 2.26. The Kier molecular flexibility index (Phi) is 3.62. The standard InChI is InChI=1S/C13H16N2O3/c1-9-13(17)15(7-12(16)14-9)11-5-3-4-10(6-11)8-18-2/h3-6,9H,7-8H2,1-2H3,(H,14,16). The van der Waals surface area contributed by atoms with Crippen molar-refractivity contribution >= 4 is 17.5 Å². The number of rotatable bonds is 3. The van der Waals surface area contributed by atoms with Gasteiger partial charge in [0.05, 0.1) is 6.61 Å². The first-order valence-electron chi connectivity index (χ1n) is 5.80. The molecule has 0 aromatic heterocycles. The topological polar surface area (TPSA) is 58.6 Å². The molecular weight excluding hydrogens is 232 g/mol. The van der Waals surface area contributed by atoms with Crippen LogP contribution in [-0.2, 0) is 20.9 Å². The summed E-state index contributed by atoms with van der Waals surface area (Å²) < 4.78 is 5.06. The van der Waals surface area contributed by atoms with E-state index in [1.54, 1.807) is 14.0 Å². The molecule has 5 nitrogen and oxygen atoms in total. The van der Waals surface area contributed by atoms with E-state index < -0.39 is 6.04 Å². The largest absolute Gasteiger partial charge is 0.380 e. The normalized spacial score (nSPS) is 19.9. The summed E-state index contributed by atoms with van der Waals surface area (Å²) >= 11 is 0. The highest BCUT2D eigenvalue weighted by Gasteiger charge is 2.30. The minimum atomic E-state index is -0.475. The lowest BCUT2D eigenvalue weighted by Gasteiger charge is -2.31. The smallest absolute Gasteiger partial charge is 0.249 e. The molecule has 1 atom stereocenters. The van der Waals surface area contributed by atoms with E-state index in [9.17, 15) is 9.59 Å². The summed E-state index contributed by atoms with van der Waals surface area (Å²) in [6.45, 7) is 2.24. The lowest BCUT2D eigenvalue weighted by Crippen LogP contribution is -2.57. The minimum Gasteiger partial charge on any atom is -0.380 e. The van der Waals surface area contributed by atoms with Crippen molar-refractivity contribution in [1.82, 2.24) is 5.32 Å². The Hall–Kier alpha value is -1.88. The number of benzene rings is 1. The van der Waals surface area contributed by atoms with E-state index in [-0.39, 0.29) is 18.4 Å². The van der Waals surface area contributed by atoms with Gasteiger partial charge < -0.3 is 15.0 Å². The Bertz CT molecular complexity index is 473. The van der Waals surface area contributed by atoms with Crippen molar-refractivity contribution in [2.24, 2.45) is 0 Å². The lowest BCUT2D eigenvalue weighted by molar-refractivity contribution is -0.130. The highest BCUT2D eigenvalue weighted by Crippen LogP contribution is 2.19. The molecule has 0 spiro atoms. The third-order valence-electron chi connectivity index (χ3n) is 2.85. The third-order valence-corrected chi connectivity index (χ3v) is 2.85. The van der Waals surface area contributed by atoms with Gasteiger partial charge in [0.1, 0.15) is 12.6 Å². The highest BCUT2D eigenvalue weighted by molar-refractivity contribution is 6.06. The molecule has 1 aromatic rings. The molecule has 18 heavy (non-hydrogen) atoms. The second-order valence-corrected chi connectivity index (χ2v) is 4.32. The number of nitrogens with zero attached hydrogens (tertiary/aromatic N) is 1. The number of anilines is 1. The van der Waals surface area contributed by atoms with E-state index in [2.05, 4.69) is 5.32 Å². The van der Waals surface area contributed by atoms with Crippen molar-refractivity contribution in [1.29, 1.82) is 0 Å². The number of hydrogen-bond acceptors (Lipinski definition) is 3. The van der Waals surface area contributed by atoms with Crippen molar-refractivity contribution in [3.63, 3.8) is 0 Å². The molecular formula is C13H16N2O3. The van der Waals surface area contributed by atoms with Crippen molar-refractivity contribution in [2.75, 3.05) is 18.6 Å². The van der Waals surface area contributed by atoms with Gasteiger partial charge >= 0.3 is 0 Å². The quantitative estimate of drug-likeness (QED) is 0.856. The Labute approximate surface area is 106 Å². The van der Waals surface area contributed by atoms with Crippen LogP contribution in [0.5, 0.6) is 0 Å². The molecule has 0 saturated carbocycles. The van der Waals surface area contributed by atoms with Crippen LogP contribution in [0.25, 0.3) is 0 Å². The van der Waals surface area contributed by atoms with Crippen LogP contribution in [0.3, 0.4) is 0 Å². The predicted octanol–water partition coefficient (Wildman–Crippen LogP) is 0.684. The summed E-state index contributed by atoms with van der Waals surface area (Å²) in [5, 5.41) is 2.61. The zero-order valence-corrected chi connectivity index (χ0v) is 10.5. The maximum Gasteiger partial charge on any atom is 0.249 e. The molecule has 1 aliphatic rings. The van der Waals surface area contributed by atoms with Gasteiger partial charge in [-0.15, -0.1) is 0 Å². The van der Waals surface area contributed by atoms with Crippen LogP contribution in [0.4, 0.5) is 5.69 Å². The first-order chi connectivity index (χ1) is 8.61. The number of nitrogens with one attached hydrogen (secondary N) is 1. The average Bonchev–Trinajstić information content (AvgIpc) is 2.34. The van der Waals surface area contributed by atoms with E-state index in [1.807, 2.05) is 24.3 Å². The van der Waals surface area contributed by atoms with E-state index in [0.29, 0.717) is 6.61 Å². The van der Waals surface area contributed by atoms with Crippen LogP contribution in [0.15, 0.2) is 24.3 Å². The lowest BCUT2D eigenvalue weighted by atomic mass is 10.1. The first kappa shape index (κ1) is 12.6. The van der Waals surface area contributed by atoms with E-state index in [1.165, 1.54) is 4.90 Å². The molecule has 1 fully saturated rings. The molecule has 1 N–H and O–H groups in total. The zero-order valence-electron chi connectivity index (χ0n) is 10.5. The van der Waals surface area contributed by atoms with Crippen LogP contribution < -0.4 is 10.2 Å². The second kappa shape index (κ2) is 5.18. The monoisotopic (exact) mass is 248 g/mol. The molecule has 1 unspecified atom stereocenters. The number of methoxy groups -OCH3 is 1. The van der Waals surface area contributed by atoms with E-state index in [0.717, 1.165) is 11.3 Å². The SMILES string of the molecule is COCc1cccc(N2CC(=O)NC(C)C2=O)c1. The number of ether oxygens (including phenoxy) is 1. The molecule has 1 heterocycles. The summed E-state index contributed by atoms with van der Waals surface area (Å²) in [5.74, 6) is -0.233. The summed E-state index contributed by atoms with van der Waals surface area (Å²) in [4.78, 5) is 25.0. The first-order valence-corrected chi connectivity index (χ1v) is 5.80. The number of carbonyl (C=O) groups excluding carboxylic acids is 2. The van der Waals surface area contributed by atoms with Crippen LogP contribution in [-0.4, -0.2) is 31.5 Å². The Morgan fingerprint density at radius 1 is 1.44 bits per heavy atom. The molecule has 96 valence electrons. The minimum absolute atomic E-state index is 0.0691. The molecule has 0 bridgehead atoms. The average molecular weight is 248 g/mol. The number of amides is 2. The third kappa shape index (κ3) is 2.51. The van der Waals surface area contributed by atoms with Gasteiger partial charge in [0.15, 0.2) is 0 Å². The highest BCUT2D eigenvalue weighted by atomic mass is 16.5. The summed E-state index contributed by atoms with van der Waals surface area (Å²) in [6, 6.07) is 6.99. The molecule has 1 saturated heterocycles. The molecule has 1 aliphatic heterocycles. The Morgan fingerprint density at radius 3 is 2.94 bits per heavy atom. The summed E-state index contributed by atoms with van der Waals surface area (Å²) in [7, 11) is 1.62. The molecule has 1 aromatic carbocycles. The van der Waals surface area contributed by atoms with Gasteiger partial charge in [-0.25, -0.2) is 0 Å². The molecule has 2 amide bonds. The van der Waals surface area contributed by atoms with Gasteiger partial charge in [-0.3, -0.25) is 9.59 Å². The molecule has 5 heteroatoms. The van der Waals surface area contributed by atoms with Crippen LogP contribution in [0.2, 0.25) is 0 Å². The fourth-order valence-electron chi connectivity index (χ4n) is 2.00. The van der Waals surface area contributed by atoms with Gasteiger partial charge in [-0.1, -0.05) is 12.1 Å². The Morgan fingerprint density at radius 2 is 2.22 bits per heavy atom. The van der Waals surface area contributed by atoms with Crippen LogP contribution in [0, 0.1) is 0 Å². The fourth-order valence-corrected chi connectivity index (χ4v) is 2.00. The zero-order chi connectivity index (χ0) is 13.1. The van der Waals surface area contributed by atoms with Crippen molar-refractivity contribution in [2.45, 2.75) is 19.6 Å². The van der Waals surface area contributed by atoms with Gasteiger partial charge in [0.2, 0.25) is 11.8 Å². The van der Waals surface area contributed by atoms with Gasteiger partial charge in [0.25, 0.3) is 0 Å². The number of carbonyl (C=O) groups is 2. The van der Waals surface area contributed by atoms with Crippen molar-refractivity contribution < 1.29 is 14.3 Å². The maximum atomic E-state index is 12.0. The molecule has 2 rings (SSSR count). The maximum absolute atomic E-state index is 12.0. The van der Waals surface area contributed by atoms with Gasteiger partial charge in [-0.05, 0) is 24.6 Å². The van der Waals surface area contributed by atoms with E-state index >= 15 is 0 Å². The van der Waals surface area contributed by atoms with Crippen LogP contribution in [0.1, 0.15) is 12.5 Å². The molecule has 0 radical (unpaired) electrons. The van der Waals surface area contributed by atoms with Crippen molar-refractivity contribution in [3.8, 4) is 0 Å². The summed E-state index contributed by atoms with van der Waals surface area (Å²) in [5.41, 5.74) is 1.71.